The monoisotopic (exact) mass is 385 g/mol. The molecule has 0 bridgehead atoms. The van der Waals surface area contributed by atoms with E-state index in [1.807, 2.05) is 61.5 Å². The van der Waals surface area contributed by atoms with E-state index in [2.05, 4.69) is 15.3 Å². The first kappa shape index (κ1) is 17.3. The first-order valence-electron chi connectivity index (χ1n) is 9.34. The molecule has 4 aromatic rings. The first-order valence-corrected chi connectivity index (χ1v) is 9.34. The Morgan fingerprint density at radius 2 is 1.90 bits per heavy atom. The summed E-state index contributed by atoms with van der Waals surface area (Å²) in [6, 6.07) is 17.0. The molecule has 0 radical (unpaired) electrons. The van der Waals surface area contributed by atoms with Crippen molar-refractivity contribution in [1.29, 1.82) is 0 Å². The van der Waals surface area contributed by atoms with Crippen LogP contribution in [0.3, 0.4) is 0 Å². The zero-order valence-corrected chi connectivity index (χ0v) is 15.8. The van der Waals surface area contributed by atoms with Gasteiger partial charge < -0.3 is 19.9 Å². The second-order valence-corrected chi connectivity index (χ2v) is 6.99. The Labute approximate surface area is 167 Å². The normalized spacial score (nSPS) is 13.4. The van der Waals surface area contributed by atoms with E-state index in [1.54, 1.807) is 12.4 Å². The quantitative estimate of drug-likeness (QED) is 0.536. The predicted molar refractivity (Wildman–Crippen MR) is 110 cm³/mol. The van der Waals surface area contributed by atoms with Gasteiger partial charge in [-0.15, -0.1) is 0 Å². The van der Waals surface area contributed by atoms with Gasteiger partial charge in [0.1, 0.15) is 17.1 Å². The number of nitrogens with zero attached hydrogens (tertiary/aromatic N) is 2. The summed E-state index contributed by atoms with van der Waals surface area (Å²) in [6.07, 6.45) is 3.48. The summed E-state index contributed by atoms with van der Waals surface area (Å²) < 4.78 is 11.0. The minimum atomic E-state index is -0.355. The Kier molecular flexibility index (Phi) is 4.17. The maximum atomic E-state index is 11.0. The largest absolute Gasteiger partial charge is 0.505 e. The summed E-state index contributed by atoms with van der Waals surface area (Å²) in [5.74, 6) is 2.25. The van der Waals surface area contributed by atoms with Gasteiger partial charge in [-0.3, -0.25) is 4.98 Å². The number of fused-ring (bicyclic) bond motifs is 2. The number of benzene rings is 2. The molecule has 0 fully saturated rings. The van der Waals surface area contributed by atoms with E-state index in [0.29, 0.717) is 28.4 Å². The molecule has 2 N–H and O–H groups in total. The number of aryl methyl sites for hydroxylation is 1. The molecule has 29 heavy (non-hydrogen) atoms. The van der Waals surface area contributed by atoms with Crippen LogP contribution in [0.25, 0.3) is 10.9 Å². The number of rotatable bonds is 4. The third kappa shape index (κ3) is 3.18. The van der Waals surface area contributed by atoms with Crippen LogP contribution in [0.2, 0.25) is 0 Å². The molecule has 6 heteroatoms. The van der Waals surface area contributed by atoms with Crippen LogP contribution in [0.5, 0.6) is 17.2 Å². The fourth-order valence-corrected chi connectivity index (χ4v) is 3.51. The summed E-state index contributed by atoms with van der Waals surface area (Å²) in [7, 11) is 0. The lowest BCUT2D eigenvalue weighted by Gasteiger charge is -2.22. The molecule has 5 rings (SSSR count). The summed E-state index contributed by atoms with van der Waals surface area (Å²) in [4.78, 5) is 8.83. The van der Waals surface area contributed by atoms with Gasteiger partial charge in [0.2, 0.25) is 6.79 Å². The van der Waals surface area contributed by atoms with Gasteiger partial charge in [0.25, 0.3) is 0 Å². The molecule has 2 aromatic carbocycles. The molecule has 3 heterocycles. The summed E-state index contributed by atoms with van der Waals surface area (Å²) in [5, 5.41) is 15.3. The highest BCUT2D eigenvalue weighted by molar-refractivity contribution is 5.86. The Hall–Kier alpha value is -3.80. The number of pyridine rings is 2. The van der Waals surface area contributed by atoms with Crippen LogP contribution >= 0.6 is 0 Å². The minimum absolute atomic E-state index is 0.144. The standard InChI is InChI=1S/C23H19N3O3/c1-14-4-9-20(25-12-14)26-21(16-6-8-18-19(11-16)29-13-28-18)17-7-5-15-3-2-10-24-22(15)23(17)27/h2-12,21,27H,13H2,1H3,(H,25,26). The zero-order chi connectivity index (χ0) is 19.8. The van der Waals surface area contributed by atoms with E-state index < -0.39 is 0 Å². The smallest absolute Gasteiger partial charge is 0.231 e. The molecule has 0 amide bonds. The number of aromatic nitrogens is 2. The average molecular weight is 385 g/mol. The van der Waals surface area contributed by atoms with Crippen molar-refractivity contribution in [3.63, 3.8) is 0 Å². The van der Waals surface area contributed by atoms with Gasteiger partial charge in [0, 0.05) is 23.3 Å². The number of hydrogen-bond donors (Lipinski definition) is 2. The average Bonchev–Trinajstić information content (AvgIpc) is 3.22. The molecule has 0 saturated heterocycles. The second-order valence-electron chi connectivity index (χ2n) is 6.99. The lowest BCUT2D eigenvalue weighted by atomic mass is 9.96. The summed E-state index contributed by atoms with van der Waals surface area (Å²) in [6.45, 7) is 2.20. The molecule has 144 valence electrons. The van der Waals surface area contributed by atoms with Gasteiger partial charge in [0.05, 0.1) is 6.04 Å². The molecule has 0 spiro atoms. The third-order valence-corrected chi connectivity index (χ3v) is 5.02. The van der Waals surface area contributed by atoms with Gasteiger partial charge in [-0.1, -0.05) is 30.3 Å². The number of ether oxygens (including phenoxy) is 2. The van der Waals surface area contributed by atoms with E-state index in [9.17, 15) is 5.11 Å². The van der Waals surface area contributed by atoms with Crippen LogP contribution in [0.4, 0.5) is 5.82 Å². The number of phenols is 1. The molecule has 6 nitrogen and oxygen atoms in total. The van der Waals surface area contributed by atoms with Crippen LogP contribution in [-0.4, -0.2) is 21.9 Å². The van der Waals surface area contributed by atoms with Gasteiger partial charge in [-0.05, 0) is 42.3 Å². The van der Waals surface area contributed by atoms with Gasteiger partial charge in [-0.2, -0.15) is 0 Å². The topological polar surface area (TPSA) is 76.5 Å². The molecule has 1 atom stereocenters. The van der Waals surface area contributed by atoms with E-state index in [4.69, 9.17) is 9.47 Å². The first-order chi connectivity index (χ1) is 14.2. The summed E-state index contributed by atoms with van der Waals surface area (Å²) in [5.41, 5.74) is 3.27. The van der Waals surface area contributed by atoms with Gasteiger partial charge in [0.15, 0.2) is 11.5 Å². The number of hydrogen-bond acceptors (Lipinski definition) is 6. The maximum absolute atomic E-state index is 11.0. The fourth-order valence-electron chi connectivity index (χ4n) is 3.51. The van der Waals surface area contributed by atoms with Crippen LogP contribution in [0, 0.1) is 6.92 Å². The highest BCUT2D eigenvalue weighted by Gasteiger charge is 2.23. The number of aromatic hydroxyl groups is 1. The van der Waals surface area contributed by atoms with Crippen molar-refractivity contribution in [2.24, 2.45) is 0 Å². The Morgan fingerprint density at radius 1 is 1.00 bits per heavy atom. The van der Waals surface area contributed by atoms with E-state index in [1.165, 1.54) is 0 Å². The Bertz CT molecular complexity index is 1190. The van der Waals surface area contributed by atoms with Crippen molar-refractivity contribution in [3.05, 3.63) is 83.7 Å². The van der Waals surface area contributed by atoms with Crippen LogP contribution in [0.1, 0.15) is 22.7 Å². The SMILES string of the molecule is Cc1ccc(NC(c2ccc3c(c2)OCO3)c2ccc3cccnc3c2O)nc1. The van der Waals surface area contributed by atoms with Crippen LogP contribution in [0.15, 0.2) is 67.0 Å². The molecule has 0 aliphatic carbocycles. The molecular formula is C23H19N3O3. The van der Waals surface area contributed by atoms with Crippen molar-refractivity contribution >= 4 is 16.7 Å². The van der Waals surface area contributed by atoms with Crippen molar-refractivity contribution in [1.82, 2.24) is 9.97 Å². The molecule has 1 aliphatic heterocycles. The van der Waals surface area contributed by atoms with Gasteiger partial charge in [-0.25, -0.2) is 4.98 Å². The second kappa shape index (κ2) is 6.98. The third-order valence-electron chi connectivity index (χ3n) is 5.02. The Balaban J connectivity index is 1.63. The lowest BCUT2D eigenvalue weighted by Crippen LogP contribution is -2.14. The van der Waals surface area contributed by atoms with Crippen molar-refractivity contribution in [2.75, 3.05) is 12.1 Å². The number of anilines is 1. The van der Waals surface area contributed by atoms with E-state index in [0.717, 1.165) is 16.5 Å². The molecule has 0 saturated carbocycles. The van der Waals surface area contributed by atoms with Crippen molar-refractivity contribution in [2.45, 2.75) is 13.0 Å². The van der Waals surface area contributed by atoms with Crippen LogP contribution < -0.4 is 14.8 Å². The summed E-state index contributed by atoms with van der Waals surface area (Å²) >= 11 is 0. The Morgan fingerprint density at radius 3 is 2.76 bits per heavy atom. The highest BCUT2D eigenvalue weighted by Crippen LogP contribution is 2.40. The van der Waals surface area contributed by atoms with E-state index >= 15 is 0 Å². The van der Waals surface area contributed by atoms with Crippen molar-refractivity contribution in [3.8, 4) is 17.2 Å². The maximum Gasteiger partial charge on any atom is 0.231 e. The van der Waals surface area contributed by atoms with Crippen LogP contribution in [-0.2, 0) is 0 Å². The highest BCUT2D eigenvalue weighted by atomic mass is 16.7. The molecule has 1 unspecified atom stereocenters. The number of nitrogens with one attached hydrogen (secondary N) is 1. The predicted octanol–water partition coefficient (Wildman–Crippen LogP) is 4.57. The zero-order valence-electron chi connectivity index (χ0n) is 15.8. The number of phenolic OH excluding ortho intramolecular Hbond substituents is 1. The van der Waals surface area contributed by atoms with Gasteiger partial charge >= 0.3 is 0 Å². The minimum Gasteiger partial charge on any atom is -0.505 e. The van der Waals surface area contributed by atoms with Crippen molar-refractivity contribution < 1.29 is 14.6 Å². The lowest BCUT2D eigenvalue weighted by molar-refractivity contribution is 0.174. The fraction of sp³-hybridized carbons (Fsp3) is 0.130. The van der Waals surface area contributed by atoms with E-state index in [-0.39, 0.29) is 18.6 Å². The molecular weight excluding hydrogens is 366 g/mol. The molecule has 2 aromatic heterocycles. The molecule has 1 aliphatic rings.